The number of nitrogens with one attached hydrogen (secondary N) is 1. The molecule has 7 heteroatoms. The van der Waals surface area contributed by atoms with Crippen LogP contribution in [0, 0.1) is 18.6 Å². The highest BCUT2D eigenvalue weighted by molar-refractivity contribution is 5.82. The Balaban J connectivity index is 1.78. The van der Waals surface area contributed by atoms with E-state index in [0.29, 0.717) is 5.56 Å². The summed E-state index contributed by atoms with van der Waals surface area (Å²) in [5.74, 6) is -2.37. The minimum atomic E-state index is -1.04. The lowest BCUT2D eigenvalue weighted by molar-refractivity contribution is -0.123. The van der Waals surface area contributed by atoms with Crippen LogP contribution >= 0.6 is 0 Å². The third-order valence-electron chi connectivity index (χ3n) is 3.56. The van der Waals surface area contributed by atoms with Gasteiger partial charge in [-0.2, -0.15) is 0 Å². The molecular weight excluding hydrogens is 330 g/mol. The second-order valence-electron chi connectivity index (χ2n) is 5.67. The fraction of sp³-hybridized carbons (Fsp3) is 0.278. The van der Waals surface area contributed by atoms with Gasteiger partial charge in [-0.3, -0.25) is 4.79 Å². The lowest BCUT2D eigenvalue weighted by Gasteiger charge is -2.16. The van der Waals surface area contributed by atoms with E-state index in [0.717, 1.165) is 17.7 Å². The first-order chi connectivity index (χ1) is 11.9. The standard InChI is InChI=1S/C18H20F2N2O3/c1-11-2-4-12(5-3-11)17(21)18(24)22-9-13(23)10-25-14-6-7-15(19)16(20)8-14/h2-8,13,17,23H,9-10,21H2,1H3,(H,22,24). The van der Waals surface area contributed by atoms with E-state index in [1.807, 2.05) is 19.1 Å². The van der Waals surface area contributed by atoms with Gasteiger partial charge in [0.2, 0.25) is 5.91 Å². The highest BCUT2D eigenvalue weighted by atomic mass is 19.2. The number of hydrogen-bond donors (Lipinski definition) is 3. The molecule has 0 aliphatic carbocycles. The van der Waals surface area contributed by atoms with Crippen LogP contribution < -0.4 is 15.8 Å². The zero-order valence-corrected chi connectivity index (χ0v) is 13.7. The average molecular weight is 350 g/mol. The number of halogens is 2. The maximum atomic E-state index is 13.0. The Kier molecular flexibility index (Phi) is 6.44. The SMILES string of the molecule is Cc1ccc(C(N)C(=O)NCC(O)COc2ccc(F)c(F)c2)cc1. The van der Waals surface area contributed by atoms with E-state index in [1.54, 1.807) is 12.1 Å². The minimum Gasteiger partial charge on any atom is -0.491 e. The van der Waals surface area contributed by atoms with Crippen LogP contribution in [0.5, 0.6) is 5.75 Å². The summed E-state index contributed by atoms with van der Waals surface area (Å²) in [6, 6.07) is 9.45. The van der Waals surface area contributed by atoms with E-state index in [4.69, 9.17) is 10.5 Å². The Morgan fingerprint density at radius 1 is 1.20 bits per heavy atom. The van der Waals surface area contributed by atoms with Gasteiger partial charge in [-0.1, -0.05) is 29.8 Å². The van der Waals surface area contributed by atoms with Crippen LogP contribution in [0.25, 0.3) is 0 Å². The number of nitrogens with two attached hydrogens (primary N) is 1. The highest BCUT2D eigenvalue weighted by Gasteiger charge is 2.17. The normalized spacial score (nSPS) is 13.2. The van der Waals surface area contributed by atoms with Crippen molar-refractivity contribution in [2.45, 2.75) is 19.1 Å². The Labute approximate surface area is 144 Å². The first kappa shape index (κ1) is 18.8. The van der Waals surface area contributed by atoms with Crippen molar-refractivity contribution in [1.82, 2.24) is 5.32 Å². The van der Waals surface area contributed by atoms with E-state index in [9.17, 15) is 18.7 Å². The summed E-state index contributed by atoms with van der Waals surface area (Å²) in [4.78, 5) is 12.0. The fourth-order valence-electron chi connectivity index (χ4n) is 2.07. The molecule has 0 radical (unpaired) electrons. The molecule has 2 rings (SSSR count). The number of aliphatic hydroxyl groups is 1. The molecule has 2 aromatic carbocycles. The van der Waals surface area contributed by atoms with Crippen molar-refractivity contribution in [3.63, 3.8) is 0 Å². The number of ether oxygens (including phenoxy) is 1. The number of hydrogen-bond acceptors (Lipinski definition) is 4. The average Bonchev–Trinajstić information content (AvgIpc) is 2.60. The number of carbonyl (C=O) groups excluding carboxylic acids is 1. The van der Waals surface area contributed by atoms with Gasteiger partial charge in [0.15, 0.2) is 11.6 Å². The summed E-state index contributed by atoms with van der Waals surface area (Å²) in [6.07, 6.45) is -1.03. The van der Waals surface area contributed by atoms with E-state index in [1.165, 1.54) is 6.07 Å². The first-order valence-electron chi connectivity index (χ1n) is 7.72. The largest absolute Gasteiger partial charge is 0.491 e. The summed E-state index contributed by atoms with van der Waals surface area (Å²) in [5, 5.41) is 12.3. The third kappa shape index (κ3) is 5.51. The number of amides is 1. The molecular formula is C18H20F2N2O3. The van der Waals surface area contributed by atoms with E-state index >= 15 is 0 Å². The summed E-state index contributed by atoms with van der Waals surface area (Å²) >= 11 is 0. The summed E-state index contributed by atoms with van der Waals surface area (Å²) in [7, 11) is 0. The van der Waals surface area contributed by atoms with Crippen molar-refractivity contribution >= 4 is 5.91 Å². The van der Waals surface area contributed by atoms with Gasteiger partial charge in [-0.25, -0.2) is 8.78 Å². The predicted molar refractivity (Wildman–Crippen MR) is 89.0 cm³/mol. The third-order valence-corrected chi connectivity index (χ3v) is 3.56. The molecule has 2 aromatic rings. The van der Waals surface area contributed by atoms with Crippen molar-refractivity contribution in [2.24, 2.45) is 5.73 Å². The topological polar surface area (TPSA) is 84.6 Å². The second-order valence-corrected chi connectivity index (χ2v) is 5.67. The molecule has 0 aliphatic rings. The lowest BCUT2D eigenvalue weighted by Crippen LogP contribution is -2.40. The maximum absolute atomic E-state index is 13.0. The summed E-state index contributed by atoms with van der Waals surface area (Å²) in [6.45, 7) is 1.66. The van der Waals surface area contributed by atoms with Crippen LogP contribution in [0.2, 0.25) is 0 Å². The van der Waals surface area contributed by atoms with Crippen molar-refractivity contribution in [3.8, 4) is 5.75 Å². The minimum absolute atomic E-state index is 0.0813. The smallest absolute Gasteiger partial charge is 0.241 e. The molecule has 0 bridgehead atoms. The van der Waals surface area contributed by atoms with Gasteiger partial charge in [0.05, 0.1) is 0 Å². The molecule has 0 heterocycles. The van der Waals surface area contributed by atoms with Crippen LogP contribution in [0.1, 0.15) is 17.2 Å². The maximum Gasteiger partial charge on any atom is 0.241 e. The molecule has 0 saturated carbocycles. The molecule has 2 unspecified atom stereocenters. The van der Waals surface area contributed by atoms with Crippen LogP contribution in [0.3, 0.4) is 0 Å². The molecule has 4 N–H and O–H groups in total. The van der Waals surface area contributed by atoms with Crippen molar-refractivity contribution in [3.05, 3.63) is 65.2 Å². The Hall–Kier alpha value is -2.51. The molecule has 1 amide bonds. The van der Waals surface area contributed by atoms with Crippen molar-refractivity contribution in [1.29, 1.82) is 0 Å². The number of aliphatic hydroxyl groups excluding tert-OH is 1. The second kappa shape index (κ2) is 8.55. The quantitative estimate of drug-likeness (QED) is 0.711. The molecule has 0 saturated heterocycles. The molecule has 134 valence electrons. The Bertz CT molecular complexity index is 723. The first-order valence-corrected chi connectivity index (χ1v) is 7.72. The van der Waals surface area contributed by atoms with E-state index in [-0.39, 0.29) is 18.9 Å². The van der Waals surface area contributed by atoms with Crippen LogP contribution in [0.4, 0.5) is 8.78 Å². The van der Waals surface area contributed by atoms with Crippen molar-refractivity contribution in [2.75, 3.05) is 13.2 Å². The number of benzene rings is 2. The Morgan fingerprint density at radius 2 is 1.88 bits per heavy atom. The summed E-state index contributed by atoms with van der Waals surface area (Å²) < 4.78 is 31.0. The van der Waals surface area contributed by atoms with E-state index < -0.39 is 29.7 Å². The molecule has 5 nitrogen and oxygen atoms in total. The molecule has 25 heavy (non-hydrogen) atoms. The monoisotopic (exact) mass is 350 g/mol. The number of carbonyl (C=O) groups is 1. The van der Waals surface area contributed by atoms with Crippen molar-refractivity contribution < 1.29 is 23.4 Å². The molecule has 2 atom stereocenters. The molecule has 0 aromatic heterocycles. The Morgan fingerprint density at radius 3 is 2.52 bits per heavy atom. The van der Waals surface area contributed by atoms with Gasteiger partial charge < -0.3 is 20.9 Å². The van der Waals surface area contributed by atoms with Gasteiger partial charge in [0.1, 0.15) is 24.5 Å². The van der Waals surface area contributed by atoms with Gasteiger partial charge >= 0.3 is 0 Å². The van der Waals surface area contributed by atoms with Gasteiger partial charge in [0, 0.05) is 12.6 Å². The van der Waals surface area contributed by atoms with Gasteiger partial charge in [0.25, 0.3) is 0 Å². The zero-order valence-electron chi connectivity index (χ0n) is 13.7. The van der Waals surface area contributed by atoms with Crippen LogP contribution in [0.15, 0.2) is 42.5 Å². The lowest BCUT2D eigenvalue weighted by atomic mass is 10.1. The number of rotatable bonds is 7. The zero-order chi connectivity index (χ0) is 18.4. The number of aryl methyl sites for hydroxylation is 1. The highest BCUT2D eigenvalue weighted by Crippen LogP contribution is 2.15. The summed E-state index contributed by atoms with van der Waals surface area (Å²) in [5.41, 5.74) is 7.59. The predicted octanol–water partition coefficient (Wildman–Crippen LogP) is 1.83. The molecule has 0 aliphatic heterocycles. The van der Waals surface area contributed by atoms with Gasteiger partial charge in [-0.05, 0) is 24.6 Å². The van der Waals surface area contributed by atoms with E-state index in [2.05, 4.69) is 5.32 Å². The molecule has 0 spiro atoms. The fourth-order valence-corrected chi connectivity index (χ4v) is 2.07. The molecule has 0 fully saturated rings. The van der Waals surface area contributed by atoms with Crippen LogP contribution in [-0.2, 0) is 4.79 Å². The van der Waals surface area contributed by atoms with Gasteiger partial charge in [-0.15, -0.1) is 0 Å². The van der Waals surface area contributed by atoms with Crippen LogP contribution in [-0.4, -0.2) is 30.3 Å².